The molecule has 0 aliphatic heterocycles. The number of hydrogen-bond donors (Lipinski definition) is 2. The van der Waals surface area contributed by atoms with Crippen LogP contribution in [0.3, 0.4) is 0 Å². The third kappa shape index (κ3) is 5.09. The molecular weight excluding hydrogens is 421 g/mol. The zero-order valence-corrected chi connectivity index (χ0v) is 16.0. The second-order valence-corrected chi connectivity index (χ2v) is 7.69. The van der Waals surface area contributed by atoms with Crippen LogP contribution in [0.2, 0.25) is 0 Å². The predicted molar refractivity (Wildman–Crippen MR) is 104 cm³/mol. The molecule has 1 amide bonds. The van der Waals surface area contributed by atoms with Crippen LogP contribution in [0.4, 0.5) is 24.5 Å². The number of ether oxygens (including phenoxy) is 1. The number of sulfonamides is 1. The maximum Gasteiger partial charge on any atom is 0.262 e. The van der Waals surface area contributed by atoms with Crippen LogP contribution in [0.25, 0.3) is 0 Å². The van der Waals surface area contributed by atoms with Crippen molar-refractivity contribution in [2.75, 3.05) is 16.6 Å². The molecule has 3 aromatic carbocycles. The van der Waals surface area contributed by atoms with Gasteiger partial charge in [-0.15, -0.1) is 0 Å². The Morgan fingerprint density at radius 1 is 0.867 bits per heavy atom. The van der Waals surface area contributed by atoms with Gasteiger partial charge in [-0.25, -0.2) is 21.6 Å². The number of hydrogen-bond acceptors (Lipinski definition) is 4. The molecule has 6 nitrogen and oxygen atoms in total. The fourth-order valence-electron chi connectivity index (χ4n) is 2.39. The maximum absolute atomic E-state index is 13.6. The van der Waals surface area contributed by atoms with Crippen molar-refractivity contribution in [2.45, 2.75) is 4.90 Å². The molecule has 0 atom stereocenters. The van der Waals surface area contributed by atoms with E-state index >= 15 is 0 Å². The molecule has 0 fully saturated rings. The molecule has 0 saturated heterocycles. The molecule has 2 N–H and O–H groups in total. The topological polar surface area (TPSA) is 84.5 Å². The van der Waals surface area contributed by atoms with Gasteiger partial charge in [0.25, 0.3) is 15.9 Å². The van der Waals surface area contributed by atoms with Gasteiger partial charge in [0.15, 0.2) is 24.1 Å². The Kier molecular flexibility index (Phi) is 6.26. The molecule has 0 heterocycles. The van der Waals surface area contributed by atoms with Crippen LogP contribution < -0.4 is 14.8 Å². The van der Waals surface area contributed by atoms with E-state index in [0.29, 0.717) is 11.8 Å². The van der Waals surface area contributed by atoms with Crippen LogP contribution in [0.15, 0.2) is 71.6 Å². The van der Waals surface area contributed by atoms with Crippen LogP contribution >= 0.6 is 0 Å². The van der Waals surface area contributed by atoms with Crippen molar-refractivity contribution in [3.05, 3.63) is 84.2 Å². The lowest BCUT2D eigenvalue weighted by Gasteiger charge is -2.10. The molecule has 0 bridgehead atoms. The van der Waals surface area contributed by atoms with Crippen molar-refractivity contribution in [2.24, 2.45) is 0 Å². The Balaban J connectivity index is 1.59. The van der Waals surface area contributed by atoms with E-state index in [2.05, 4.69) is 10.0 Å². The number of carbonyl (C=O) groups is 1. The molecule has 0 radical (unpaired) electrons. The summed E-state index contributed by atoms with van der Waals surface area (Å²) < 4.78 is 72.0. The fraction of sp³-hybridized carbons (Fsp3) is 0.0500. The molecule has 10 heteroatoms. The van der Waals surface area contributed by atoms with E-state index in [9.17, 15) is 26.4 Å². The van der Waals surface area contributed by atoms with Gasteiger partial charge < -0.3 is 10.1 Å². The summed E-state index contributed by atoms with van der Waals surface area (Å²) >= 11 is 0. The summed E-state index contributed by atoms with van der Waals surface area (Å²) in [6.45, 7) is -0.563. The van der Waals surface area contributed by atoms with E-state index in [-0.39, 0.29) is 10.6 Å². The van der Waals surface area contributed by atoms with Crippen LogP contribution in [-0.4, -0.2) is 20.9 Å². The highest BCUT2D eigenvalue weighted by Gasteiger charge is 2.16. The lowest BCUT2D eigenvalue weighted by molar-refractivity contribution is -0.118. The monoisotopic (exact) mass is 436 g/mol. The van der Waals surface area contributed by atoms with E-state index in [4.69, 9.17) is 4.74 Å². The molecule has 156 valence electrons. The average Bonchev–Trinajstić information content (AvgIpc) is 2.73. The Labute approximate surface area is 170 Å². The van der Waals surface area contributed by atoms with Gasteiger partial charge in [0, 0.05) is 5.69 Å². The summed E-state index contributed by atoms with van der Waals surface area (Å²) in [5.74, 6) is -5.24. The normalized spacial score (nSPS) is 11.0. The number of anilines is 2. The fourth-order valence-corrected chi connectivity index (χ4v) is 3.45. The Hall–Kier alpha value is -3.53. The molecule has 0 saturated carbocycles. The summed E-state index contributed by atoms with van der Waals surface area (Å²) in [6.07, 6.45) is 0. The maximum atomic E-state index is 13.6. The summed E-state index contributed by atoms with van der Waals surface area (Å²) in [6, 6.07) is 15.1. The molecular formula is C20H15F3N2O4S. The first-order valence-electron chi connectivity index (χ1n) is 8.50. The van der Waals surface area contributed by atoms with Gasteiger partial charge in [0.1, 0.15) is 5.75 Å². The first kappa shape index (κ1) is 21.2. The van der Waals surface area contributed by atoms with Crippen molar-refractivity contribution < 1.29 is 31.1 Å². The third-order valence-electron chi connectivity index (χ3n) is 3.84. The second kappa shape index (κ2) is 8.87. The Bertz CT molecular complexity index is 1150. The van der Waals surface area contributed by atoms with E-state index in [1.165, 1.54) is 24.3 Å². The van der Waals surface area contributed by atoms with Gasteiger partial charge in [0.05, 0.1) is 10.6 Å². The lowest BCUT2D eigenvalue weighted by Crippen LogP contribution is -2.21. The van der Waals surface area contributed by atoms with Gasteiger partial charge in [-0.2, -0.15) is 0 Å². The minimum absolute atomic E-state index is 0.0213. The number of nitrogens with one attached hydrogen (secondary N) is 2. The number of para-hydroxylation sites is 1. The van der Waals surface area contributed by atoms with Gasteiger partial charge in [-0.1, -0.05) is 18.2 Å². The van der Waals surface area contributed by atoms with Crippen LogP contribution in [0, 0.1) is 17.5 Å². The standard InChI is InChI=1S/C20H15F3N2O4S/c21-16-10-11-17(20(23)19(16)22)24-18(26)12-29-14-6-8-15(9-7-14)30(27,28)25-13-4-2-1-3-5-13/h1-11,25H,12H2,(H,24,26). The molecule has 30 heavy (non-hydrogen) atoms. The quantitative estimate of drug-likeness (QED) is 0.550. The number of halogens is 3. The van der Waals surface area contributed by atoms with Crippen molar-refractivity contribution >= 4 is 27.3 Å². The van der Waals surface area contributed by atoms with Crippen molar-refractivity contribution in [3.8, 4) is 5.75 Å². The first-order chi connectivity index (χ1) is 14.3. The molecule has 3 rings (SSSR count). The summed E-state index contributed by atoms with van der Waals surface area (Å²) in [4.78, 5) is 11.8. The van der Waals surface area contributed by atoms with E-state index in [1.807, 2.05) is 0 Å². The molecule has 0 aromatic heterocycles. The highest BCUT2D eigenvalue weighted by molar-refractivity contribution is 7.92. The first-order valence-corrected chi connectivity index (χ1v) is 9.98. The van der Waals surface area contributed by atoms with Crippen molar-refractivity contribution in [1.29, 1.82) is 0 Å². The number of amides is 1. The summed E-state index contributed by atoms with van der Waals surface area (Å²) in [7, 11) is -3.81. The SMILES string of the molecule is O=C(COc1ccc(S(=O)(=O)Nc2ccccc2)cc1)Nc1ccc(F)c(F)c1F. The van der Waals surface area contributed by atoms with Gasteiger partial charge >= 0.3 is 0 Å². The summed E-state index contributed by atoms with van der Waals surface area (Å²) in [5, 5.41) is 2.06. The third-order valence-corrected chi connectivity index (χ3v) is 5.24. The summed E-state index contributed by atoms with van der Waals surface area (Å²) in [5.41, 5.74) is -0.130. The molecule has 0 aliphatic carbocycles. The predicted octanol–water partition coefficient (Wildman–Crippen LogP) is 3.92. The van der Waals surface area contributed by atoms with E-state index in [1.54, 1.807) is 30.3 Å². The smallest absolute Gasteiger partial charge is 0.262 e. The molecule has 0 spiro atoms. The highest BCUT2D eigenvalue weighted by atomic mass is 32.2. The van der Waals surface area contributed by atoms with E-state index in [0.717, 1.165) is 6.07 Å². The van der Waals surface area contributed by atoms with Gasteiger partial charge in [-0.05, 0) is 48.5 Å². The number of carbonyl (C=O) groups excluding carboxylic acids is 1. The van der Waals surface area contributed by atoms with Gasteiger partial charge in [-0.3, -0.25) is 9.52 Å². The number of benzene rings is 3. The van der Waals surface area contributed by atoms with E-state index < -0.39 is 45.7 Å². The molecule has 0 unspecified atom stereocenters. The average molecular weight is 436 g/mol. The zero-order chi connectivity index (χ0) is 21.7. The molecule has 3 aromatic rings. The van der Waals surface area contributed by atoms with Crippen molar-refractivity contribution in [1.82, 2.24) is 0 Å². The second-order valence-electron chi connectivity index (χ2n) is 6.00. The minimum Gasteiger partial charge on any atom is -0.484 e. The Morgan fingerprint density at radius 2 is 1.53 bits per heavy atom. The Morgan fingerprint density at radius 3 is 2.20 bits per heavy atom. The van der Waals surface area contributed by atoms with Crippen LogP contribution in [0.1, 0.15) is 0 Å². The van der Waals surface area contributed by atoms with Crippen molar-refractivity contribution in [3.63, 3.8) is 0 Å². The molecule has 0 aliphatic rings. The zero-order valence-electron chi connectivity index (χ0n) is 15.2. The lowest BCUT2D eigenvalue weighted by atomic mass is 10.3. The van der Waals surface area contributed by atoms with Crippen LogP contribution in [0.5, 0.6) is 5.75 Å². The number of rotatable bonds is 7. The van der Waals surface area contributed by atoms with Gasteiger partial charge in [0.2, 0.25) is 0 Å². The van der Waals surface area contributed by atoms with Crippen LogP contribution in [-0.2, 0) is 14.8 Å². The minimum atomic E-state index is -3.81. The largest absolute Gasteiger partial charge is 0.484 e. The highest BCUT2D eigenvalue weighted by Crippen LogP contribution is 2.21.